The van der Waals surface area contributed by atoms with E-state index in [1.54, 1.807) is 47.1 Å². The molecule has 0 spiro atoms. The molecule has 4 rings (SSSR count). The zero-order valence-electron chi connectivity index (χ0n) is 18.0. The lowest BCUT2D eigenvalue weighted by Gasteiger charge is -2.30. The third kappa shape index (κ3) is 4.72. The molecule has 32 heavy (non-hydrogen) atoms. The lowest BCUT2D eigenvalue weighted by molar-refractivity contribution is -0.120. The molecule has 0 radical (unpaired) electrons. The number of hydrogen-bond acceptors (Lipinski definition) is 4. The summed E-state index contributed by atoms with van der Waals surface area (Å²) in [5.41, 5.74) is 2.52. The number of carbonyl (C=O) groups excluding carboxylic acids is 1. The zero-order chi connectivity index (χ0) is 22.9. The van der Waals surface area contributed by atoms with Gasteiger partial charge in [-0.25, -0.2) is 13.1 Å². The van der Waals surface area contributed by atoms with Crippen LogP contribution in [-0.4, -0.2) is 41.5 Å². The minimum absolute atomic E-state index is 0.138. The summed E-state index contributed by atoms with van der Waals surface area (Å²) >= 11 is 6.10. The number of anilines is 1. The Labute approximate surface area is 193 Å². The average molecular weight is 473 g/mol. The third-order valence-electron chi connectivity index (χ3n) is 5.62. The highest BCUT2D eigenvalue weighted by Gasteiger charge is 2.32. The Kier molecular flexibility index (Phi) is 6.37. The van der Waals surface area contributed by atoms with Crippen molar-refractivity contribution in [3.63, 3.8) is 0 Å². The van der Waals surface area contributed by atoms with Gasteiger partial charge in [0.1, 0.15) is 5.82 Å². The zero-order valence-corrected chi connectivity index (χ0v) is 19.5. The van der Waals surface area contributed by atoms with Crippen LogP contribution in [0.15, 0.2) is 59.5 Å². The summed E-state index contributed by atoms with van der Waals surface area (Å²) in [4.78, 5) is 13.2. The molecule has 168 valence electrons. The van der Waals surface area contributed by atoms with Gasteiger partial charge >= 0.3 is 0 Å². The number of hydrogen-bond donors (Lipinski definition) is 1. The number of nitrogens with one attached hydrogen (secondary N) is 1. The molecule has 0 atom stereocenters. The lowest BCUT2D eigenvalue weighted by atomic mass is 9.97. The number of aryl methyl sites for hydroxylation is 2. The number of piperidine rings is 1. The number of carbonyl (C=O) groups is 1. The van der Waals surface area contributed by atoms with Crippen LogP contribution >= 0.6 is 11.6 Å². The molecule has 2 heterocycles. The van der Waals surface area contributed by atoms with E-state index in [9.17, 15) is 13.2 Å². The van der Waals surface area contributed by atoms with E-state index in [1.165, 1.54) is 4.31 Å². The molecular weight excluding hydrogens is 448 g/mol. The predicted octanol–water partition coefficient (Wildman–Crippen LogP) is 4.18. The molecule has 1 aliphatic heterocycles. The number of rotatable bonds is 5. The molecule has 7 nitrogen and oxygen atoms in total. The molecule has 1 aliphatic rings. The number of amides is 1. The maximum Gasteiger partial charge on any atom is 0.243 e. The molecule has 1 amide bonds. The van der Waals surface area contributed by atoms with Gasteiger partial charge in [0.2, 0.25) is 15.9 Å². The van der Waals surface area contributed by atoms with Crippen molar-refractivity contribution in [1.82, 2.24) is 14.1 Å². The van der Waals surface area contributed by atoms with Gasteiger partial charge in [0.25, 0.3) is 0 Å². The van der Waals surface area contributed by atoms with Crippen LogP contribution in [0.1, 0.15) is 24.1 Å². The highest BCUT2D eigenvalue weighted by molar-refractivity contribution is 7.89. The molecule has 1 aromatic heterocycles. The fourth-order valence-electron chi connectivity index (χ4n) is 3.84. The topological polar surface area (TPSA) is 84.3 Å². The highest BCUT2D eigenvalue weighted by Crippen LogP contribution is 2.26. The Hall–Kier alpha value is -2.68. The third-order valence-corrected chi connectivity index (χ3v) is 7.77. The van der Waals surface area contributed by atoms with Gasteiger partial charge in [-0.1, -0.05) is 35.4 Å². The Morgan fingerprint density at radius 3 is 2.41 bits per heavy atom. The summed E-state index contributed by atoms with van der Waals surface area (Å²) in [7, 11) is -3.56. The Bertz CT molecular complexity index is 1230. The first kappa shape index (κ1) is 22.5. The average Bonchev–Trinajstić information content (AvgIpc) is 3.14. The number of benzene rings is 2. The lowest BCUT2D eigenvalue weighted by Crippen LogP contribution is -2.41. The Balaban J connectivity index is 1.43. The van der Waals surface area contributed by atoms with Crippen molar-refractivity contribution >= 4 is 33.3 Å². The van der Waals surface area contributed by atoms with Gasteiger partial charge < -0.3 is 5.32 Å². The van der Waals surface area contributed by atoms with Gasteiger partial charge in [-0.05, 0) is 57.0 Å². The van der Waals surface area contributed by atoms with E-state index >= 15 is 0 Å². The summed E-state index contributed by atoms with van der Waals surface area (Å²) < 4.78 is 28.9. The van der Waals surface area contributed by atoms with Gasteiger partial charge in [-0.15, -0.1) is 0 Å². The van der Waals surface area contributed by atoms with E-state index in [4.69, 9.17) is 11.6 Å². The van der Waals surface area contributed by atoms with Crippen molar-refractivity contribution in [2.75, 3.05) is 18.4 Å². The van der Waals surface area contributed by atoms with Gasteiger partial charge in [-0.2, -0.15) is 9.40 Å². The number of sulfonamides is 1. The van der Waals surface area contributed by atoms with Crippen molar-refractivity contribution in [1.29, 1.82) is 0 Å². The molecule has 2 aromatic carbocycles. The first-order valence-electron chi connectivity index (χ1n) is 10.4. The maximum atomic E-state index is 12.9. The van der Waals surface area contributed by atoms with Crippen LogP contribution in [0.3, 0.4) is 0 Å². The number of nitrogens with zero attached hydrogens (tertiary/aromatic N) is 3. The van der Waals surface area contributed by atoms with E-state index in [0.717, 1.165) is 16.9 Å². The van der Waals surface area contributed by atoms with Crippen LogP contribution in [0, 0.1) is 19.8 Å². The molecule has 1 saturated heterocycles. The van der Waals surface area contributed by atoms with E-state index in [0.29, 0.717) is 36.8 Å². The van der Waals surface area contributed by atoms with Crippen LogP contribution in [0.25, 0.3) is 5.69 Å². The summed E-state index contributed by atoms with van der Waals surface area (Å²) in [5.74, 6) is 0.146. The molecule has 3 aromatic rings. The first-order valence-corrected chi connectivity index (χ1v) is 12.3. The highest BCUT2D eigenvalue weighted by atomic mass is 35.5. The second kappa shape index (κ2) is 9.05. The van der Waals surface area contributed by atoms with Gasteiger partial charge in [0.05, 0.1) is 16.3 Å². The van der Waals surface area contributed by atoms with Crippen LogP contribution < -0.4 is 5.32 Å². The second-order valence-corrected chi connectivity index (χ2v) is 10.4. The molecule has 0 unspecified atom stereocenters. The fraction of sp³-hybridized carbons (Fsp3) is 0.304. The minimum Gasteiger partial charge on any atom is -0.310 e. The standard InChI is InChI=1S/C23H25ClN4O3S/c1-16-6-8-21(9-7-16)32(30,31)27-12-10-18(11-13-27)23(29)25-22-14-17(2)26-28(22)20-5-3-4-19(24)15-20/h3-9,14-15,18H,10-13H2,1-2H3,(H,25,29). The molecule has 0 saturated carbocycles. The normalized spacial score (nSPS) is 15.6. The Morgan fingerprint density at radius 2 is 1.75 bits per heavy atom. The number of halogens is 1. The first-order chi connectivity index (χ1) is 15.2. The quantitative estimate of drug-likeness (QED) is 0.603. The predicted molar refractivity (Wildman–Crippen MR) is 125 cm³/mol. The molecule has 1 N–H and O–H groups in total. The smallest absolute Gasteiger partial charge is 0.243 e. The molecule has 0 bridgehead atoms. The minimum atomic E-state index is -3.56. The molecular formula is C23H25ClN4O3S. The fourth-order valence-corrected chi connectivity index (χ4v) is 5.49. The molecule has 9 heteroatoms. The monoisotopic (exact) mass is 472 g/mol. The molecule has 0 aliphatic carbocycles. The molecule has 1 fully saturated rings. The van der Waals surface area contributed by atoms with Crippen molar-refractivity contribution in [2.45, 2.75) is 31.6 Å². The van der Waals surface area contributed by atoms with Gasteiger partial charge in [0, 0.05) is 30.1 Å². The maximum absolute atomic E-state index is 12.9. The van der Waals surface area contributed by atoms with Crippen LogP contribution in [0.4, 0.5) is 5.82 Å². The van der Waals surface area contributed by atoms with Crippen molar-refractivity contribution < 1.29 is 13.2 Å². The van der Waals surface area contributed by atoms with Gasteiger partial charge in [0.15, 0.2) is 0 Å². The second-order valence-electron chi connectivity index (χ2n) is 8.04. The van der Waals surface area contributed by atoms with E-state index in [1.807, 2.05) is 26.0 Å². The van der Waals surface area contributed by atoms with Gasteiger partial charge in [-0.3, -0.25) is 4.79 Å². The van der Waals surface area contributed by atoms with Crippen LogP contribution in [0.5, 0.6) is 0 Å². The van der Waals surface area contributed by atoms with Crippen molar-refractivity contribution in [2.24, 2.45) is 5.92 Å². The Morgan fingerprint density at radius 1 is 1.06 bits per heavy atom. The summed E-state index contributed by atoms with van der Waals surface area (Å²) in [6.45, 7) is 4.38. The summed E-state index contributed by atoms with van der Waals surface area (Å²) in [6.07, 6.45) is 0.919. The largest absolute Gasteiger partial charge is 0.310 e. The summed E-state index contributed by atoms with van der Waals surface area (Å²) in [6, 6.07) is 15.9. The van der Waals surface area contributed by atoms with E-state index in [-0.39, 0.29) is 16.7 Å². The van der Waals surface area contributed by atoms with Crippen LogP contribution in [-0.2, 0) is 14.8 Å². The van der Waals surface area contributed by atoms with Crippen LogP contribution in [0.2, 0.25) is 5.02 Å². The van der Waals surface area contributed by atoms with Crippen molar-refractivity contribution in [3.8, 4) is 5.69 Å². The van der Waals surface area contributed by atoms with E-state index < -0.39 is 10.0 Å². The van der Waals surface area contributed by atoms with E-state index in [2.05, 4.69) is 10.4 Å². The van der Waals surface area contributed by atoms with Crippen molar-refractivity contribution in [3.05, 3.63) is 70.9 Å². The number of aromatic nitrogens is 2. The summed E-state index contributed by atoms with van der Waals surface area (Å²) in [5, 5.41) is 8.00. The SMILES string of the molecule is Cc1ccc(S(=O)(=O)N2CCC(C(=O)Nc3cc(C)nn3-c3cccc(Cl)c3)CC2)cc1.